The Morgan fingerprint density at radius 3 is 2.52 bits per heavy atom. The predicted molar refractivity (Wildman–Crippen MR) is 83.9 cm³/mol. The van der Waals surface area contributed by atoms with Crippen molar-refractivity contribution < 1.29 is 18.0 Å². The van der Waals surface area contributed by atoms with E-state index in [9.17, 15) is 18.0 Å². The number of hydrogen-bond acceptors (Lipinski definition) is 3. The van der Waals surface area contributed by atoms with Gasteiger partial charge in [-0.1, -0.05) is 30.3 Å². The molecule has 6 nitrogen and oxygen atoms in total. The highest BCUT2D eigenvalue weighted by Gasteiger charge is 2.35. The Bertz CT molecular complexity index is 883. The molecule has 0 bridgehead atoms. The lowest BCUT2D eigenvalue weighted by atomic mass is 10.2. The van der Waals surface area contributed by atoms with Crippen molar-refractivity contribution >= 4 is 11.7 Å². The fraction of sp³-hybridized carbons (Fsp3) is 0.188. The average molecular weight is 349 g/mol. The highest BCUT2D eigenvalue weighted by molar-refractivity contribution is 6.02. The topological polar surface area (TPSA) is 64.7 Å². The van der Waals surface area contributed by atoms with Crippen molar-refractivity contribution in [1.29, 1.82) is 0 Å². The summed E-state index contributed by atoms with van der Waals surface area (Å²) in [5.41, 5.74) is -0.287. The summed E-state index contributed by atoms with van der Waals surface area (Å²) in [6, 6.07) is 11.9. The number of anilines is 1. The predicted octanol–water partition coefficient (Wildman–Crippen LogP) is 2.94. The molecular weight excluding hydrogens is 335 g/mol. The SMILES string of the molecule is Cn1nc(C(F)(F)F)cc1C(=O)Nc1ccn(Cc2ccccc2)n1. The summed E-state index contributed by atoms with van der Waals surface area (Å²) in [5.74, 6) is -0.467. The smallest absolute Gasteiger partial charge is 0.304 e. The molecule has 9 heteroatoms. The highest BCUT2D eigenvalue weighted by Crippen LogP contribution is 2.28. The maximum atomic E-state index is 12.7. The molecule has 2 aromatic heterocycles. The number of halogens is 3. The number of carbonyl (C=O) groups excluding carboxylic acids is 1. The van der Waals surface area contributed by atoms with Crippen LogP contribution in [-0.2, 0) is 19.8 Å². The highest BCUT2D eigenvalue weighted by atomic mass is 19.4. The fourth-order valence-corrected chi connectivity index (χ4v) is 2.29. The van der Waals surface area contributed by atoms with E-state index in [1.54, 1.807) is 16.9 Å². The molecule has 0 aliphatic carbocycles. The van der Waals surface area contributed by atoms with Crippen molar-refractivity contribution in [3.8, 4) is 0 Å². The van der Waals surface area contributed by atoms with Gasteiger partial charge in [0.05, 0.1) is 6.54 Å². The average Bonchev–Trinajstić information content (AvgIpc) is 3.14. The number of alkyl halides is 3. The number of nitrogens with zero attached hydrogens (tertiary/aromatic N) is 4. The van der Waals surface area contributed by atoms with Crippen LogP contribution in [0.5, 0.6) is 0 Å². The van der Waals surface area contributed by atoms with Crippen LogP contribution in [0.2, 0.25) is 0 Å². The fourth-order valence-electron chi connectivity index (χ4n) is 2.29. The number of benzene rings is 1. The van der Waals surface area contributed by atoms with Gasteiger partial charge in [0, 0.05) is 25.4 Å². The number of aryl methyl sites for hydroxylation is 1. The third-order valence-corrected chi connectivity index (χ3v) is 3.47. The number of rotatable bonds is 4. The molecule has 3 rings (SSSR count). The van der Waals surface area contributed by atoms with E-state index < -0.39 is 17.8 Å². The van der Waals surface area contributed by atoms with Gasteiger partial charge in [-0.2, -0.15) is 23.4 Å². The first-order valence-electron chi connectivity index (χ1n) is 7.33. The van der Waals surface area contributed by atoms with Crippen molar-refractivity contribution in [3.63, 3.8) is 0 Å². The van der Waals surface area contributed by atoms with E-state index in [0.717, 1.165) is 10.2 Å². The van der Waals surface area contributed by atoms with E-state index in [4.69, 9.17) is 0 Å². The minimum atomic E-state index is -4.60. The molecule has 0 saturated carbocycles. The second-order valence-corrected chi connectivity index (χ2v) is 5.37. The molecule has 0 spiro atoms. The number of carbonyl (C=O) groups is 1. The van der Waals surface area contributed by atoms with Crippen LogP contribution < -0.4 is 5.32 Å². The summed E-state index contributed by atoms with van der Waals surface area (Å²) >= 11 is 0. The summed E-state index contributed by atoms with van der Waals surface area (Å²) in [6.07, 6.45) is -2.93. The number of amides is 1. The lowest BCUT2D eigenvalue weighted by Gasteiger charge is -2.03. The van der Waals surface area contributed by atoms with E-state index in [1.165, 1.54) is 7.05 Å². The number of nitrogens with one attached hydrogen (secondary N) is 1. The largest absolute Gasteiger partial charge is 0.435 e. The first-order chi connectivity index (χ1) is 11.8. The molecule has 0 aliphatic heterocycles. The quantitative estimate of drug-likeness (QED) is 0.788. The second kappa shape index (κ2) is 6.42. The Labute approximate surface area is 140 Å². The first-order valence-corrected chi connectivity index (χ1v) is 7.33. The standard InChI is InChI=1S/C16H14F3N5O/c1-23-12(9-13(21-23)16(17,18)19)15(25)20-14-7-8-24(22-14)10-11-5-3-2-4-6-11/h2-9H,10H2,1H3,(H,20,22,25). The lowest BCUT2D eigenvalue weighted by Crippen LogP contribution is -2.16. The minimum absolute atomic E-state index is 0.204. The molecule has 0 fully saturated rings. The summed E-state index contributed by atoms with van der Waals surface area (Å²) in [6.45, 7) is 0.515. The summed E-state index contributed by atoms with van der Waals surface area (Å²) in [5, 5.41) is 9.97. The van der Waals surface area contributed by atoms with E-state index in [1.807, 2.05) is 30.3 Å². The third-order valence-electron chi connectivity index (χ3n) is 3.47. The zero-order valence-corrected chi connectivity index (χ0v) is 13.2. The normalized spacial score (nSPS) is 11.5. The van der Waals surface area contributed by atoms with Gasteiger partial charge in [-0.15, -0.1) is 0 Å². The van der Waals surface area contributed by atoms with E-state index in [-0.39, 0.29) is 11.5 Å². The van der Waals surface area contributed by atoms with Crippen molar-refractivity contribution in [2.24, 2.45) is 7.05 Å². The molecule has 1 amide bonds. The summed E-state index contributed by atoms with van der Waals surface area (Å²) < 4.78 is 40.5. The minimum Gasteiger partial charge on any atom is -0.304 e. The maximum absolute atomic E-state index is 12.7. The van der Waals surface area contributed by atoms with E-state index >= 15 is 0 Å². The molecule has 0 unspecified atom stereocenters. The number of aromatic nitrogens is 4. The van der Waals surface area contributed by atoms with Gasteiger partial charge in [0.1, 0.15) is 5.69 Å². The van der Waals surface area contributed by atoms with Gasteiger partial charge in [-0.25, -0.2) is 0 Å². The Morgan fingerprint density at radius 2 is 1.88 bits per heavy atom. The van der Waals surface area contributed by atoms with Gasteiger partial charge in [0.2, 0.25) is 0 Å². The van der Waals surface area contributed by atoms with Gasteiger partial charge in [-0.05, 0) is 5.56 Å². The monoisotopic (exact) mass is 349 g/mol. The molecule has 1 N–H and O–H groups in total. The molecule has 25 heavy (non-hydrogen) atoms. The van der Waals surface area contributed by atoms with Crippen molar-refractivity contribution in [1.82, 2.24) is 19.6 Å². The molecule has 3 aromatic rings. The summed E-state index contributed by atoms with van der Waals surface area (Å²) in [4.78, 5) is 12.2. The Hall–Kier alpha value is -3.10. The van der Waals surface area contributed by atoms with Crippen molar-refractivity contribution in [2.75, 3.05) is 5.32 Å². The molecular formula is C16H14F3N5O. The third kappa shape index (κ3) is 3.87. The van der Waals surface area contributed by atoms with E-state index in [2.05, 4.69) is 15.5 Å². The maximum Gasteiger partial charge on any atom is 0.435 e. The zero-order chi connectivity index (χ0) is 18.0. The van der Waals surface area contributed by atoms with Crippen molar-refractivity contribution in [3.05, 3.63) is 65.6 Å². The van der Waals surface area contributed by atoms with E-state index in [0.29, 0.717) is 12.6 Å². The van der Waals surface area contributed by atoms with Crippen LogP contribution in [0.15, 0.2) is 48.7 Å². The molecule has 0 radical (unpaired) electrons. The molecule has 0 saturated heterocycles. The molecule has 0 aliphatic rings. The molecule has 2 heterocycles. The molecule has 130 valence electrons. The van der Waals surface area contributed by atoms with Gasteiger partial charge >= 0.3 is 6.18 Å². The van der Waals surface area contributed by atoms with Gasteiger partial charge < -0.3 is 5.32 Å². The lowest BCUT2D eigenvalue weighted by molar-refractivity contribution is -0.141. The van der Waals surface area contributed by atoms with Crippen LogP contribution in [-0.4, -0.2) is 25.5 Å². The second-order valence-electron chi connectivity index (χ2n) is 5.37. The molecule has 1 aromatic carbocycles. The zero-order valence-electron chi connectivity index (χ0n) is 13.2. The molecule has 0 atom stereocenters. The Morgan fingerprint density at radius 1 is 1.16 bits per heavy atom. The van der Waals surface area contributed by atoms with Crippen LogP contribution in [0.25, 0.3) is 0 Å². The Balaban J connectivity index is 1.71. The Kier molecular flexibility index (Phi) is 4.30. The van der Waals surface area contributed by atoms with Crippen LogP contribution >= 0.6 is 0 Å². The first kappa shape index (κ1) is 16.7. The van der Waals surface area contributed by atoms with Crippen LogP contribution in [0.1, 0.15) is 21.7 Å². The van der Waals surface area contributed by atoms with Gasteiger partial charge in [-0.3, -0.25) is 14.2 Å². The van der Waals surface area contributed by atoms with Gasteiger partial charge in [0.15, 0.2) is 11.5 Å². The van der Waals surface area contributed by atoms with Gasteiger partial charge in [0.25, 0.3) is 5.91 Å². The van der Waals surface area contributed by atoms with Crippen LogP contribution in [0.3, 0.4) is 0 Å². The van der Waals surface area contributed by atoms with Crippen LogP contribution in [0, 0.1) is 0 Å². The van der Waals surface area contributed by atoms with Crippen LogP contribution in [0.4, 0.5) is 19.0 Å². The number of hydrogen-bond donors (Lipinski definition) is 1. The van der Waals surface area contributed by atoms with Crippen molar-refractivity contribution in [2.45, 2.75) is 12.7 Å². The summed E-state index contributed by atoms with van der Waals surface area (Å²) in [7, 11) is 1.28.